The van der Waals surface area contributed by atoms with Crippen molar-refractivity contribution >= 4 is 23.8 Å². The first kappa shape index (κ1) is 22.6. The molecule has 0 amide bonds. The van der Waals surface area contributed by atoms with E-state index in [-0.39, 0.29) is 23.6 Å². The lowest BCUT2D eigenvalue weighted by Gasteiger charge is -2.43. The largest absolute Gasteiger partial charge is 0.458 e. The number of rotatable bonds is 7. The monoisotopic (exact) mass is 404 g/mol. The maximum absolute atomic E-state index is 12.2. The lowest BCUT2D eigenvalue weighted by atomic mass is 9.89. The quantitative estimate of drug-likeness (QED) is 0.391. The number of ketones is 1. The zero-order valence-corrected chi connectivity index (χ0v) is 17.4. The fourth-order valence-electron chi connectivity index (χ4n) is 3.33. The summed E-state index contributed by atoms with van der Waals surface area (Å²) in [4.78, 5) is 35.5. The molecule has 29 heavy (non-hydrogen) atoms. The highest BCUT2D eigenvalue weighted by Gasteiger charge is 2.49. The number of benzene rings is 1. The maximum Gasteiger partial charge on any atom is 0.303 e. The number of allylic oxidation sites excluding steroid dienone is 1. The van der Waals surface area contributed by atoms with E-state index in [0.29, 0.717) is 6.42 Å². The highest BCUT2D eigenvalue weighted by Crippen LogP contribution is 2.33. The summed E-state index contributed by atoms with van der Waals surface area (Å²) in [6, 6.07) is 9.21. The molecule has 1 heterocycles. The van der Waals surface area contributed by atoms with Crippen molar-refractivity contribution in [2.45, 2.75) is 65.6 Å². The van der Waals surface area contributed by atoms with Gasteiger partial charge in [-0.3, -0.25) is 14.4 Å². The predicted molar refractivity (Wildman–Crippen MR) is 105 cm³/mol. The van der Waals surface area contributed by atoms with Crippen molar-refractivity contribution in [3.63, 3.8) is 0 Å². The zero-order chi connectivity index (χ0) is 21.6. The van der Waals surface area contributed by atoms with E-state index < -0.39 is 30.4 Å². The number of ether oxygens (including phenoxy) is 4. The second-order valence-corrected chi connectivity index (χ2v) is 7.05. The molecule has 0 bridgehead atoms. The standard InChI is InChI=1S/C22H28O7/c1-6-18-13(2)20(26-15(4)24)21(27-16(5)25)22(28-18)29-19(14(3)23)12-17-10-8-7-9-11-17/h7-13,18,20-22H,6H2,1-5H3/b19-12-/t13?,18-,20+,21-,22+/m1/s1. The van der Waals surface area contributed by atoms with Gasteiger partial charge in [0, 0.05) is 26.7 Å². The first-order valence-corrected chi connectivity index (χ1v) is 9.67. The highest BCUT2D eigenvalue weighted by atomic mass is 16.7. The smallest absolute Gasteiger partial charge is 0.303 e. The van der Waals surface area contributed by atoms with E-state index in [1.54, 1.807) is 6.08 Å². The Kier molecular flexibility index (Phi) is 7.96. The third-order valence-electron chi connectivity index (χ3n) is 4.70. The lowest BCUT2D eigenvalue weighted by Crippen LogP contribution is -2.57. The van der Waals surface area contributed by atoms with Crippen LogP contribution < -0.4 is 0 Å². The molecule has 7 heteroatoms. The van der Waals surface area contributed by atoms with Gasteiger partial charge in [0.25, 0.3) is 0 Å². The van der Waals surface area contributed by atoms with Gasteiger partial charge in [0.05, 0.1) is 6.10 Å². The van der Waals surface area contributed by atoms with Crippen molar-refractivity contribution in [1.82, 2.24) is 0 Å². The number of esters is 2. The molecule has 1 unspecified atom stereocenters. The Morgan fingerprint density at radius 2 is 1.55 bits per heavy atom. The van der Waals surface area contributed by atoms with Crippen LogP contribution in [-0.4, -0.2) is 42.3 Å². The van der Waals surface area contributed by atoms with Crippen LogP contribution in [0.15, 0.2) is 36.1 Å². The third kappa shape index (κ3) is 6.15. The molecule has 2 rings (SSSR count). The molecule has 0 spiro atoms. The van der Waals surface area contributed by atoms with Crippen molar-refractivity contribution in [3.8, 4) is 0 Å². The van der Waals surface area contributed by atoms with Crippen LogP contribution in [0.5, 0.6) is 0 Å². The second-order valence-electron chi connectivity index (χ2n) is 7.05. The molecule has 1 aliphatic heterocycles. The highest BCUT2D eigenvalue weighted by molar-refractivity contribution is 5.95. The number of carbonyl (C=O) groups is 3. The Labute approximate surface area is 171 Å². The van der Waals surface area contributed by atoms with Crippen LogP contribution in [0, 0.1) is 5.92 Å². The topological polar surface area (TPSA) is 88.1 Å². The Morgan fingerprint density at radius 3 is 2.07 bits per heavy atom. The summed E-state index contributed by atoms with van der Waals surface area (Å²) in [5.41, 5.74) is 0.773. The molecule has 0 aliphatic carbocycles. The van der Waals surface area contributed by atoms with E-state index in [0.717, 1.165) is 5.56 Å². The summed E-state index contributed by atoms with van der Waals surface area (Å²) < 4.78 is 22.8. The van der Waals surface area contributed by atoms with Crippen molar-refractivity contribution < 1.29 is 33.3 Å². The number of hydrogen-bond donors (Lipinski definition) is 0. The molecule has 7 nitrogen and oxygen atoms in total. The average molecular weight is 404 g/mol. The van der Waals surface area contributed by atoms with Crippen molar-refractivity contribution in [3.05, 3.63) is 41.7 Å². The number of hydrogen-bond acceptors (Lipinski definition) is 7. The van der Waals surface area contributed by atoms with Crippen LogP contribution in [0.3, 0.4) is 0 Å². The Balaban J connectivity index is 2.38. The molecule has 0 saturated carbocycles. The van der Waals surface area contributed by atoms with E-state index >= 15 is 0 Å². The van der Waals surface area contributed by atoms with Gasteiger partial charge < -0.3 is 18.9 Å². The van der Waals surface area contributed by atoms with Gasteiger partial charge in [-0.2, -0.15) is 0 Å². The van der Waals surface area contributed by atoms with Crippen LogP contribution in [0.4, 0.5) is 0 Å². The van der Waals surface area contributed by atoms with E-state index in [2.05, 4.69) is 0 Å². The van der Waals surface area contributed by atoms with Gasteiger partial charge in [0.15, 0.2) is 11.5 Å². The summed E-state index contributed by atoms with van der Waals surface area (Å²) in [5.74, 6) is -1.55. The molecule has 1 aliphatic rings. The normalized spacial score (nSPS) is 27.1. The second kappa shape index (κ2) is 10.2. The van der Waals surface area contributed by atoms with Gasteiger partial charge >= 0.3 is 11.9 Å². The molecule has 0 aromatic heterocycles. The van der Waals surface area contributed by atoms with E-state index in [4.69, 9.17) is 18.9 Å². The average Bonchev–Trinajstić information content (AvgIpc) is 2.66. The van der Waals surface area contributed by atoms with Crippen molar-refractivity contribution in [2.24, 2.45) is 5.92 Å². The van der Waals surface area contributed by atoms with E-state index in [9.17, 15) is 14.4 Å². The SMILES string of the molecule is CC[C@H]1O[C@@H](O/C(=C\c2ccccc2)C(C)=O)[C@H](OC(C)=O)[C@@H](OC(C)=O)C1C. The summed E-state index contributed by atoms with van der Waals surface area (Å²) >= 11 is 0. The minimum absolute atomic E-state index is 0.0596. The Bertz CT molecular complexity index is 756. The minimum Gasteiger partial charge on any atom is -0.458 e. The summed E-state index contributed by atoms with van der Waals surface area (Å²) in [6.45, 7) is 7.72. The predicted octanol–water partition coefficient (Wildman–Crippen LogP) is 3.27. The van der Waals surface area contributed by atoms with Gasteiger partial charge in [-0.15, -0.1) is 0 Å². The van der Waals surface area contributed by atoms with Crippen LogP contribution in [-0.2, 0) is 33.3 Å². The lowest BCUT2D eigenvalue weighted by molar-refractivity contribution is -0.279. The molecule has 1 aromatic carbocycles. The first-order valence-electron chi connectivity index (χ1n) is 9.67. The molecule has 1 aromatic rings. The maximum atomic E-state index is 12.2. The van der Waals surface area contributed by atoms with Crippen LogP contribution >= 0.6 is 0 Å². The summed E-state index contributed by atoms with van der Waals surface area (Å²) in [6.07, 6.45) is -0.943. The van der Waals surface area contributed by atoms with Gasteiger partial charge in [-0.1, -0.05) is 44.2 Å². The third-order valence-corrected chi connectivity index (χ3v) is 4.70. The minimum atomic E-state index is -1.09. The molecular weight excluding hydrogens is 376 g/mol. The molecule has 5 atom stereocenters. The van der Waals surface area contributed by atoms with Crippen molar-refractivity contribution in [1.29, 1.82) is 0 Å². The molecule has 158 valence electrons. The van der Waals surface area contributed by atoms with Crippen LogP contribution in [0.2, 0.25) is 0 Å². The van der Waals surface area contributed by atoms with Crippen molar-refractivity contribution in [2.75, 3.05) is 0 Å². The van der Waals surface area contributed by atoms with E-state index in [1.807, 2.05) is 44.2 Å². The van der Waals surface area contributed by atoms with Crippen LogP contribution in [0.25, 0.3) is 6.08 Å². The van der Waals surface area contributed by atoms with Gasteiger partial charge in [-0.05, 0) is 18.1 Å². The van der Waals surface area contributed by atoms with E-state index in [1.165, 1.54) is 20.8 Å². The molecule has 1 fully saturated rings. The molecule has 0 radical (unpaired) electrons. The Morgan fingerprint density at radius 1 is 0.966 bits per heavy atom. The number of Topliss-reactive ketones (excluding diaryl/α,β-unsaturated/α-hetero) is 1. The fraction of sp³-hybridized carbons (Fsp3) is 0.500. The fourth-order valence-corrected chi connectivity index (χ4v) is 3.33. The van der Waals surface area contributed by atoms with Crippen LogP contribution in [0.1, 0.15) is 46.6 Å². The number of carbonyl (C=O) groups excluding carboxylic acids is 3. The zero-order valence-electron chi connectivity index (χ0n) is 17.4. The summed E-state index contributed by atoms with van der Waals surface area (Å²) in [5, 5.41) is 0. The molecule has 0 N–H and O–H groups in total. The first-order chi connectivity index (χ1) is 13.7. The molecular formula is C22H28O7. The van der Waals surface area contributed by atoms with Gasteiger partial charge in [0.2, 0.25) is 12.4 Å². The molecule has 1 saturated heterocycles. The summed E-state index contributed by atoms with van der Waals surface area (Å²) in [7, 11) is 0. The van der Waals surface area contributed by atoms with Gasteiger partial charge in [-0.25, -0.2) is 0 Å². The Hall–Kier alpha value is -2.67. The van der Waals surface area contributed by atoms with Gasteiger partial charge in [0.1, 0.15) is 6.10 Å².